The van der Waals surface area contributed by atoms with Crippen LogP contribution in [0.4, 0.5) is 0 Å². The summed E-state index contributed by atoms with van der Waals surface area (Å²) in [5.74, 6) is -0.226. The van der Waals surface area contributed by atoms with Crippen molar-refractivity contribution in [2.24, 2.45) is 0 Å². The van der Waals surface area contributed by atoms with Crippen LogP contribution in [0.25, 0.3) is 0 Å². The molecule has 116 valence electrons. The lowest BCUT2D eigenvalue weighted by molar-refractivity contribution is 0.0435. The number of esters is 1. The Kier molecular flexibility index (Phi) is 4.77. The second kappa shape index (κ2) is 6.75. The number of methoxy groups -OCH3 is 2. The molecule has 1 heterocycles. The van der Waals surface area contributed by atoms with Crippen LogP contribution in [0.15, 0.2) is 28.8 Å². The predicted octanol–water partition coefficient (Wildman–Crippen LogP) is 2.04. The van der Waals surface area contributed by atoms with Crippen LogP contribution in [0.5, 0.6) is 11.5 Å². The van der Waals surface area contributed by atoms with Crippen molar-refractivity contribution in [3.63, 3.8) is 0 Å². The third-order valence-electron chi connectivity index (χ3n) is 2.87. The van der Waals surface area contributed by atoms with Crippen molar-refractivity contribution >= 4 is 11.8 Å². The van der Waals surface area contributed by atoms with E-state index in [1.807, 2.05) is 0 Å². The number of aromatic nitrogens is 1. The maximum Gasteiger partial charge on any atom is 0.377 e. The molecule has 0 N–H and O–H groups in total. The van der Waals surface area contributed by atoms with E-state index >= 15 is 0 Å². The maximum atomic E-state index is 12.0. The molecule has 0 aliphatic carbocycles. The third-order valence-corrected chi connectivity index (χ3v) is 2.87. The third kappa shape index (κ3) is 3.43. The highest BCUT2D eigenvalue weighted by molar-refractivity contribution is 5.99. The molecule has 0 bridgehead atoms. The number of rotatable bonds is 6. The van der Waals surface area contributed by atoms with E-state index in [0.29, 0.717) is 22.8 Å². The number of hydrogen-bond donors (Lipinski definition) is 0. The van der Waals surface area contributed by atoms with Gasteiger partial charge in [-0.15, -0.1) is 0 Å². The number of Topliss-reactive ketones (excluding diaryl/α,β-unsaturated/α-hetero) is 1. The first kappa shape index (κ1) is 15.6. The van der Waals surface area contributed by atoms with Crippen LogP contribution in [0.1, 0.15) is 26.6 Å². The zero-order valence-corrected chi connectivity index (χ0v) is 12.4. The number of benzene rings is 1. The van der Waals surface area contributed by atoms with E-state index in [4.69, 9.17) is 18.7 Å². The Morgan fingerprint density at radius 1 is 1.14 bits per heavy atom. The first-order valence-electron chi connectivity index (χ1n) is 6.41. The molecule has 0 fully saturated rings. The molecule has 0 saturated carbocycles. The van der Waals surface area contributed by atoms with Gasteiger partial charge in [-0.2, -0.15) is 0 Å². The van der Waals surface area contributed by atoms with Gasteiger partial charge in [-0.05, 0) is 25.1 Å². The molecule has 2 aromatic rings. The van der Waals surface area contributed by atoms with Gasteiger partial charge in [0.15, 0.2) is 23.9 Å². The monoisotopic (exact) mass is 305 g/mol. The van der Waals surface area contributed by atoms with Gasteiger partial charge in [-0.1, -0.05) is 5.16 Å². The summed E-state index contributed by atoms with van der Waals surface area (Å²) in [6.07, 6.45) is 0. The van der Waals surface area contributed by atoms with Crippen molar-refractivity contribution in [1.29, 1.82) is 0 Å². The van der Waals surface area contributed by atoms with Crippen LogP contribution in [-0.4, -0.2) is 37.7 Å². The zero-order chi connectivity index (χ0) is 16.1. The summed E-state index contributed by atoms with van der Waals surface area (Å²) in [5, 5.41) is 3.57. The highest BCUT2D eigenvalue weighted by atomic mass is 16.6. The van der Waals surface area contributed by atoms with Gasteiger partial charge in [0.1, 0.15) is 0 Å². The fraction of sp³-hybridized carbons (Fsp3) is 0.267. The lowest BCUT2D eigenvalue weighted by Gasteiger charge is -2.09. The fourth-order valence-corrected chi connectivity index (χ4v) is 1.76. The van der Waals surface area contributed by atoms with E-state index in [1.165, 1.54) is 26.4 Å². The smallest absolute Gasteiger partial charge is 0.377 e. The molecule has 0 spiro atoms. The van der Waals surface area contributed by atoms with Crippen molar-refractivity contribution in [2.45, 2.75) is 6.92 Å². The molecule has 7 nitrogen and oxygen atoms in total. The summed E-state index contributed by atoms with van der Waals surface area (Å²) < 4.78 is 19.9. The molecule has 0 saturated heterocycles. The van der Waals surface area contributed by atoms with E-state index in [0.717, 1.165) is 0 Å². The Morgan fingerprint density at radius 3 is 2.45 bits per heavy atom. The van der Waals surface area contributed by atoms with Gasteiger partial charge in [0.05, 0.1) is 19.9 Å². The Hall–Kier alpha value is -2.83. The largest absolute Gasteiger partial charge is 0.493 e. The summed E-state index contributed by atoms with van der Waals surface area (Å²) >= 11 is 0. The molecule has 0 unspecified atom stereocenters. The number of hydrogen-bond acceptors (Lipinski definition) is 7. The minimum Gasteiger partial charge on any atom is -0.493 e. The maximum absolute atomic E-state index is 12.0. The van der Waals surface area contributed by atoms with Crippen molar-refractivity contribution in [3.8, 4) is 11.5 Å². The molecule has 0 amide bonds. The van der Waals surface area contributed by atoms with Crippen molar-refractivity contribution in [1.82, 2.24) is 5.16 Å². The molecule has 1 aromatic heterocycles. The van der Waals surface area contributed by atoms with Gasteiger partial charge in [0.25, 0.3) is 0 Å². The molecule has 0 radical (unpaired) electrons. The Morgan fingerprint density at radius 2 is 1.86 bits per heavy atom. The number of aryl methyl sites for hydroxylation is 1. The Labute approximate surface area is 126 Å². The Balaban J connectivity index is 2.02. The summed E-state index contributed by atoms with van der Waals surface area (Å²) in [6.45, 7) is 1.27. The number of nitrogens with zero attached hydrogens (tertiary/aromatic N) is 1. The van der Waals surface area contributed by atoms with E-state index in [1.54, 1.807) is 19.1 Å². The molecule has 1 aromatic carbocycles. The predicted molar refractivity (Wildman–Crippen MR) is 75.4 cm³/mol. The van der Waals surface area contributed by atoms with Crippen molar-refractivity contribution in [3.05, 3.63) is 41.3 Å². The number of ketones is 1. The van der Waals surface area contributed by atoms with Gasteiger partial charge < -0.3 is 18.7 Å². The molecule has 0 aliphatic rings. The van der Waals surface area contributed by atoms with Crippen LogP contribution in [0, 0.1) is 6.92 Å². The lowest BCUT2D eigenvalue weighted by Crippen LogP contribution is -2.14. The van der Waals surface area contributed by atoms with E-state index in [-0.39, 0.29) is 11.5 Å². The summed E-state index contributed by atoms with van der Waals surface area (Å²) in [7, 11) is 2.97. The minimum absolute atomic E-state index is 0.0439. The minimum atomic E-state index is -0.741. The highest BCUT2D eigenvalue weighted by Gasteiger charge is 2.17. The van der Waals surface area contributed by atoms with Crippen LogP contribution in [-0.2, 0) is 4.74 Å². The first-order chi connectivity index (χ1) is 10.5. The van der Waals surface area contributed by atoms with Crippen LogP contribution in [0.2, 0.25) is 0 Å². The molecule has 22 heavy (non-hydrogen) atoms. The summed E-state index contributed by atoms with van der Waals surface area (Å²) in [4.78, 5) is 23.7. The van der Waals surface area contributed by atoms with Crippen molar-refractivity contribution < 1.29 is 28.3 Å². The molecule has 2 rings (SSSR count). The SMILES string of the molecule is COc1ccc(C(=O)COC(=O)c2cc(C)no2)cc1OC. The molecular weight excluding hydrogens is 290 g/mol. The number of carbonyl (C=O) groups excluding carboxylic acids is 2. The summed E-state index contributed by atoms with van der Waals surface area (Å²) in [6, 6.07) is 6.13. The van der Waals surface area contributed by atoms with E-state index < -0.39 is 12.6 Å². The normalized spacial score (nSPS) is 10.1. The molecular formula is C15H15NO6. The van der Waals surface area contributed by atoms with Gasteiger partial charge in [-0.25, -0.2) is 4.79 Å². The molecule has 7 heteroatoms. The van der Waals surface area contributed by atoms with Crippen LogP contribution in [0.3, 0.4) is 0 Å². The lowest BCUT2D eigenvalue weighted by atomic mass is 10.1. The number of ether oxygens (including phenoxy) is 3. The second-order valence-corrected chi connectivity index (χ2v) is 4.40. The van der Waals surface area contributed by atoms with E-state index in [2.05, 4.69) is 5.16 Å². The first-order valence-corrected chi connectivity index (χ1v) is 6.41. The van der Waals surface area contributed by atoms with Gasteiger partial charge in [-0.3, -0.25) is 4.79 Å². The standard InChI is InChI=1S/C15H15NO6/c1-9-6-14(22-16-9)15(18)21-8-11(17)10-4-5-12(19-2)13(7-10)20-3/h4-7H,8H2,1-3H3. The van der Waals surface area contributed by atoms with E-state index in [9.17, 15) is 9.59 Å². The van der Waals surface area contributed by atoms with Crippen LogP contribution < -0.4 is 9.47 Å². The zero-order valence-electron chi connectivity index (χ0n) is 12.4. The van der Waals surface area contributed by atoms with Gasteiger partial charge >= 0.3 is 5.97 Å². The van der Waals surface area contributed by atoms with Crippen molar-refractivity contribution in [2.75, 3.05) is 20.8 Å². The fourth-order valence-electron chi connectivity index (χ4n) is 1.76. The van der Waals surface area contributed by atoms with Gasteiger partial charge in [0.2, 0.25) is 5.76 Å². The van der Waals surface area contributed by atoms with Crippen LogP contribution >= 0.6 is 0 Å². The van der Waals surface area contributed by atoms with Gasteiger partial charge in [0, 0.05) is 11.6 Å². The topological polar surface area (TPSA) is 87.9 Å². The molecule has 0 aliphatic heterocycles. The average molecular weight is 305 g/mol. The number of carbonyl (C=O) groups is 2. The molecule has 0 atom stereocenters. The quantitative estimate of drug-likeness (QED) is 0.596. The Bertz CT molecular complexity index is 691. The summed E-state index contributed by atoms with van der Waals surface area (Å²) in [5.41, 5.74) is 0.900. The average Bonchev–Trinajstić information content (AvgIpc) is 2.98. The highest BCUT2D eigenvalue weighted by Crippen LogP contribution is 2.27. The second-order valence-electron chi connectivity index (χ2n) is 4.40.